The van der Waals surface area contributed by atoms with E-state index in [1.165, 1.54) is 13.0 Å². The van der Waals surface area contributed by atoms with Crippen LogP contribution in [-0.4, -0.2) is 27.4 Å². The number of aliphatic hydroxyl groups is 2. The fourth-order valence-electron chi connectivity index (χ4n) is 0.633. The largest absolute Gasteiger partial charge is 0.513 e. The molecule has 3 N–H and O–H groups in total. The van der Waals surface area contributed by atoms with Gasteiger partial charge >= 0.3 is 5.97 Å². The van der Waals surface area contributed by atoms with Gasteiger partial charge in [0.15, 0.2) is 0 Å². The van der Waals surface area contributed by atoms with Crippen LogP contribution in [0, 0.1) is 0 Å². The van der Waals surface area contributed by atoms with Crippen molar-refractivity contribution in [3.63, 3.8) is 0 Å². The summed E-state index contributed by atoms with van der Waals surface area (Å²) in [6.45, 7) is 1.42. The van der Waals surface area contributed by atoms with Gasteiger partial charge in [0.1, 0.15) is 0 Å². The minimum absolute atomic E-state index is 0.00267. The Morgan fingerprint density at radius 3 is 2.45 bits per heavy atom. The van der Waals surface area contributed by atoms with Gasteiger partial charge in [0.05, 0.1) is 11.9 Å². The van der Waals surface area contributed by atoms with Gasteiger partial charge in [-0.15, -0.1) is 0 Å². The molecular formula is C7H12O4. The highest BCUT2D eigenvalue weighted by atomic mass is 16.4. The number of hydrogen-bond acceptors (Lipinski definition) is 3. The number of aliphatic hydroxyl groups excluding tert-OH is 2. The van der Waals surface area contributed by atoms with Crippen molar-refractivity contribution in [1.29, 1.82) is 0 Å². The lowest BCUT2D eigenvalue weighted by molar-refractivity contribution is -0.137. The standard InChI is InChI=1S/C7H12O4/c1-5(8)4-6(9)2-3-7(10)11/h4,6,8-9H,2-3H2,1H3,(H,10,11). The van der Waals surface area contributed by atoms with Gasteiger partial charge in [0.2, 0.25) is 0 Å². The van der Waals surface area contributed by atoms with E-state index in [4.69, 9.17) is 15.3 Å². The van der Waals surface area contributed by atoms with Crippen LogP contribution in [-0.2, 0) is 4.79 Å². The van der Waals surface area contributed by atoms with Gasteiger partial charge in [-0.3, -0.25) is 4.79 Å². The van der Waals surface area contributed by atoms with Crippen LogP contribution in [0.3, 0.4) is 0 Å². The average molecular weight is 160 g/mol. The fourth-order valence-corrected chi connectivity index (χ4v) is 0.633. The van der Waals surface area contributed by atoms with Gasteiger partial charge in [0.25, 0.3) is 0 Å². The Hall–Kier alpha value is -1.03. The molecule has 0 spiro atoms. The first kappa shape index (κ1) is 9.97. The summed E-state index contributed by atoms with van der Waals surface area (Å²) >= 11 is 0. The first-order valence-corrected chi connectivity index (χ1v) is 3.29. The highest BCUT2D eigenvalue weighted by Gasteiger charge is 2.03. The Labute approximate surface area is 64.8 Å². The molecule has 0 aromatic heterocycles. The second-order valence-corrected chi connectivity index (χ2v) is 2.31. The highest BCUT2D eigenvalue weighted by molar-refractivity contribution is 5.66. The zero-order valence-electron chi connectivity index (χ0n) is 6.32. The van der Waals surface area contributed by atoms with Crippen LogP contribution >= 0.6 is 0 Å². The number of carbonyl (C=O) groups is 1. The van der Waals surface area contributed by atoms with Gasteiger partial charge in [0, 0.05) is 6.42 Å². The summed E-state index contributed by atoms with van der Waals surface area (Å²) in [5.74, 6) is -0.948. The van der Waals surface area contributed by atoms with E-state index in [0.717, 1.165) is 0 Å². The molecule has 0 saturated heterocycles. The van der Waals surface area contributed by atoms with Crippen molar-refractivity contribution >= 4 is 5.97 Å². The van der Waals surface area contributed by atoms with Crippen LogP contribution in [0.4, 0.5) is 0 Å². The lowest BCUT2D eigenvalue weighted by Gasteiger charge is -2.01. The Kier molecular flexibility index (Phi) is 4.29. The van der Waals surface area contributed by atoms with Gasteiger partial charge in [-0.1, -0.05) is 0 Å². The van der Waals surface area contributed by atoms with E-state index in [2.05, 4.69) is 0 Å². The summed E-state index contributed by atoms with van der Waals surface area (Å²) in [5.41, 5.74) is 0. The maximum atomic E-state index is 10.00. The summed E-state index contributed by atoms with van der Waals surface area (Å²) in [4.78, 5) is 10.00. The van der Waals surface area contributed by atoms with E-state index < -0.39 is 12.1 Å². The van der Waals surface area contributed by atoms with Crippen LogP contribution in [0.2, 0.25) is 0 Å². The summed E-state index contributed by atoms with van der Waals surface area (Å²) < 4.78 is 0. The van der Waals surface area contributed by atoms with Crippen molar-refractivity contribution in [3.05, 3.63) is 11.8 Å². The Morgan fingerprint density at radius 1 is 1.55 bits per heavy atom. The summed E-state index contributed by atoms with van der Waals surface area (Å²) in [6, 6.07) is 0. The smallest absolute Gasteiger partial charge is 0.303 e. The van der Waals surface area contributed by atoms with E-state index in [1.54, 1.807) is 0 Å². The van der Waals surface area contributed by atoms with Crippen LogP contribution in [0.15, 0.2) is 11.8 Å². The summed E-state index contributed by atoms with van der Waals surface area (Å²) in [6.07, 6.45) is 0.386. The molecule has 0 aliphatic heterocycles. The third-order valence-electron chi connectivity index (χ3n) is 1.09. The molecule has 64 valence electrons. The predicted octanol–water partition coefficient (Wildman–Crippen LogP) is 0.674. The van der Waals surface area contributed by atoms with Crippen LogP contribution in [0.1, 0.15) is 19.8 Å². The maximum Gasteiger partial charge on any atom is 0.303 e. The first-order valence-electron chi connectivity index (χ1n) is 3.29. The first-order chi connectivity index (χ1) is 5.02. The molecule has 1 atom stereocenters. The topological polar surface area (TPSA) is 77.8 Å². The zero-order chi connectivity index (χ0) is 8.85. The third-order valence-corrected chi connectivity index (χ3v) is 1.09. The number of rotatable bonds is 4. The molecule has 0 amide bonds. The predicted molar refractivity (Wildman–Crippen MR) is 39.3 cm³/mol. The van der Waals surface area contributed by atoms with Crippen LogP contribution < -0.4 is 0 Å². The SMILES string of the molecule is CC(O)=CC(O)CCC(=O)O. The van der Waals surface area contributed by atoms with E-state index in [9.17, 15) is 4.79 Å². The van der Waals surface area contributed by atoms with Crippen molar-refractivity contribution in [3.8, 4) is 0 Å². The molecule has 1 unspecified atom stereocenters. The third kappa shape index (κ3) is 6.86. The molecule has 0 saturated carbocycles. The molecule has 0 aromatic carbocycles. The number of hydrogen-bond donors (Lipinski definition) is 3. The molecule has 0 aromatic rings. The van der Waals surface area contributed by atoms with E-state index >= 15 is 0 Å². The second-order valence-electron chi connectivity index (χ2n) is 2.31. The lowest BCUT2D eigenvalue weighted by Crippen LogP contribution is -2.06. The minimum atomic E-state index is -0.951. The normalized spacial score (nSPS) is 14.5. The Morgan fingerprint density at radius 2 is 2.09 bits per heavy atom. The molecule has 0 radical (unpaired) electrons. The van der Waals surface area contributed by atoms with Crippen molar-refractivity contribution < 1.29 is 20.1 Å². The number of allylic oxidation sites excluding steroid dienone is 1. The Bertz CT molecular complexity index is 158. The van der Waals surface area contributed by atoms with E-state index in [0.29, 0.717) is 0 Å². The zero-order valence-corrected chi connectivity index (χ0v) is 6.32. The monoisotopic (exact) mass is 160 g/mol. The lowest BCUT2D eigenvalue weighted by atomic mass is 10.2. The van der Waals surface area contributed by atoms with Gasteiger partial charge in [-0.25, -0.2) is 0 Å². The summed E-state index contributed by atoms with van der Waals surface area (Å²) in [5, 5.41) is 25.8. The van der Waals surface area contributed by atoms with Crippen molar-refractivity contribution in [2.45, 2.75) is 25.9 Å². The van der Waals surface area contributed by atoms with Gasteiger partial charge in [-0.05, 0) is 19.4 Å². The average Bonchev–Trinajstić information content (AvgIpc) is 1.82. The number of carboxylic acids is 1. The summed E-state index contributed by atoms with van der Waals surface area (Å²) in [7, 11) is 0. The van der Waals surface area contributed by atoms with E-state index in [-0.39, 0.29) is 18.6 Å². The maximum absolute atomic E-state index is 10.00. The molecule has 0 rings (SSSR count). The Balaban J connectivity index is 3.61. The van der Waals surface area contributed by atoms with Crippen LogP contribution in [0.25, 0.3) is 0 Å². The van der Waals surface area contributed by atoms with Crippen LogP contribution in [0.5, 0.6) is 0 Å². The van der Waals surface area contributed by atoms with Gasteiger partial charge < -0.3 is 15.3 Å². The molecule has 0 heterocycles. The molecule has 0 fully saturated rings. The molecule has 0 aliphatic carbocycles. The minimum Gasteiger partial charge on any atom is -0.513 e. The molecular weight excluding hydrogens is 148 g/mol. The molecule has 4 nitrogen and oxygen atoms in total. The quantitative estimate of drug-likeness (QED) is 0.528. The highest BCUT2D eigenvalue weighted by Crippen LogP contribution is 2.00. The number of carboxylic acid groups (broad SMARTS) is 1. The number of aliphatic carboxylic acids is 1. The van der Waals surface area contributed by atoms with Crippen molar-refractivity contribution in [2.75, 3.05) is 0 Å². The van der Waals surface area contributed by atoms with Gasteiger partial charge in [-0.2, -0.15) is 0 Å². The van der Waals surface area contributed by atoms with E-state index in [1.807, 2.05) is 0 Å². The second kappa shape index (κ2) is 4.73. The van der Waals surface area contributed by atoms with Crippen molar-refractivity contribution in [1.82, 2.24) is 0 Å². The molecule has 4 heteroatoms. The van der Waals surface area contributed by atoms with Crippen molar-refractivity contribution in [2.24, 2.45) is 0 Å². The molecule has 11 heavy (non-hydrogen) atoms. The molecule has 0 bridgehead atoms. The fraction of sp³-hybridized carbons (Fsp3) is 0.571. The molecule has 0 aliphatic rings.